The van der Waals surface area contributed by atoms with Gasteiger partial charge in [-0.05, 0) is 66.3 Å². The number of halogens is 2. The summed E-state index contributed by atoms with van der Waals surface area (Å²) in [7, 11) is 0. The highest BCUT2D eigenvalue weighted by atomic mass is 79.9. The monoisotopic (exact) mass is 628 g/mol. The smallest absolute Gasteiger partial charge is 0.261 e. The number of nitrogens with one attached hydrogen (secondary N) is 1. The highest BCUT2D eigenvalue weighted by Crippen LogP contribution is 2.26. The Hall–Kier alpha value is -2.64. The van der Waals surface area contributed by atoms with Gasteiger partial charge in [0.15, 0.2) is 6.61 Å². The van der Waals surface area contributed by atoms with E-state index in [1.807, 2.05) is 94.4 Å². The van der Waals surface area contributed by atoms with Gasteiger partial charge in [-0.15, -0.1) is 0 Å². The van der Waals surface area contributed by atoms with E-state index < -0.39 is 6.04 Å². The number of ether oxygens (including phenoxy) is 1. The zero-order valence-corrected chi connectivity index (χ0v) is 24.9. The Kier molecular flexibility index (Phi) is 10.8. The molecular formula is C30H34Br2N2O3. The maximum absolute atomic E-state index is 13.7. The van der Waals surface area contributed by atoms with Crippen LogP contribution in [-0.4, -0.2) is 35.9 Å². The van der Waals surface area contributed by atoms with Crippen molar-refractivity contribution in [2.45, 2.75) is 46.7 Å². The second-order valence-electron chi connectivity index (χ2n) is 9.65. The number of rotatable bonds is 11. The van der Waals surface area contributed by atoms with Gasteiger partial charge in [0.05, 0.1) is 0 Å². The van der Waals surface area contributed by atoms with Crippen LogP contribution in [0.25, 0.3) is 0 Å². The van der Waals surface area contributed by atoms with Crippen LogP contribution in [0.5, 0.6) is 5.75 Å². The Bertz CT molecular complexity index is 1170. The molecule has 1 N–H and O–H groups in total. The number of carbonyl (C=O) groups excluding carboxylic acids is 2. The number of carbonyl (C=O) groups is 2. The maximum atomic E-state index is 13.7. The van der Waals surface area contributed by atoms with E-state index in [1.165, 1.54) is 0 Å². The van der Waals surface area contributed by atoms with Crippen molar-refractivity contribution in [3.8, 4) is 5.75 Å². The number of benzene rings is 3. The van der Waals surface area contributed by atoms with Crippen LogP contribution >= 0.6 is 31.9 Å². The van der Waals surface area contributed by atoms with E-state index in [1.54, 1.807) is 4.90 Å². The summed E-state index contributed by atoms with van der Waals surface area (Å²) in [5.41, 5.74) is 3.98. The molecule has 3 aromatic rings. The van der Waals surface area contributed by atoms with Gasteiger partial charge in [-0.2, -0.15) is 0 Å². The van der Waals surface area contributed by atoms with Gasteiger partial charge in [-0.25, -0.2) is 0 Å². The first kappa shape index (κ1) is 28.9. The van der Waals surface area contributed by atoms with Crippen molar-refractivity contribution in [2.75, 3.05) is 13.2 Å². The minimum absolute atomic E-state index is 0.167. The third kappa shape index (κ3) is 8.71. The molecule has 0 fully saturated rings. The first-order valence-electron chi connectivity index (χ1n) is 12.4. The summed E-state index contributed by atoms with van der Waals surface area (Å²) in [6.45, 7) is 8.74. The molecule has 3 rings (SSSR count). The molecule has 2 amide bonds. The summed E-state index contributed by atoms with van der Waals surface area (Å²) in [6, 6.07) is 20.7. The predicted molar refractivity (Wildman–Crippen MR) is 156 cm³/mol. The van der Waals surface area contributed by atoms with Crippen LogP contribution in [-0.2, 0) is 22.6 Å². The fraction of sp³-hybridized carbons (Fsp3) is 0.333. The number of hydrogen-bond acceptors (Lipinski definition) is 3. The van der Waals surface area contributed by atoms with E-state index in [0.717, 1.165) is 31.2 Å². The van der Waals surface area contributed by atoms with Crippen LogP contribution in [0.3, 0.4) is 0 Å². The van der Waals surface area contributed by atoms with Crippen LogP contribution in [0.2, 0.25) is 0 Å². The Morgan fingerprint density at radius 3 is 2.14 bits per heavy atom. The molecule has 1 unspecified atom stereocenters. The highest BCUT2D eigenvalue weighted by molar-refractivity contribution is 9.10. The molecule has 0 spiro atoms. The number of amides is 2. The number of nitrogens with zero attached hydrogens (tertiary/aromatic N) is 1. The topological polar surface area (TPSA) is 58.6 Å². The van der Waals surface area contributed by atoms with Crippen LogP contribution < -0.4 is 10.1 Å². The summed E-state index contributed by atoms with van der Waals surface area (Å²) in [5.74, 6) is 0.503. The van der Waals surface area contributed by atoms with Crippen molar-refractivity contribution < 1.29 is 14.3 Å². The molecule has 0 aliphatic heterocycles. The average molecular weight is 630 g/mol. The quantitative estimate of drug-likeness (QED) is 0.259. The minimum Gasteiger partial charge on any atom is -0.484 e. The fourth-order valence-corrected chi connectivity index (χ4v) is 4.47. The maximum Gasteiger partial charge on any atom is 0.261 e. The van der Waals surface area contributed by atoms with Gasteiger partial charge in [0, 0.05) is 28.5 Å². The molecule has 0 saturated carbocycles. The van der Waals surface area contributed by atoms with Gasteiger partial charge in [0.2, 0.25) is 5.91 Å². The highest BCUT2D eigenvalue weighted by Gasteiger charge is 2.30. The van der Waals surface area contributed by atoms with Gasteiger partial charge in [0.25, 0.3) is 5.91 Å². The molecule has 0 aliphatic carbocycles. The Morgan fingerprint density at radius 1 is 0.919 bits per heavy atom. The molecule has 0 aliphatic rings. The van der Waals surface area contributed by atoms with Crippen molar-refractivity contribution >= 4 is 43.7 Å². The van der Waals surface area contributed by atoms with Crippen molar-refractivity contribution in [3.63, 3.8) is 0 Å². The van der Waals surface area contributed by atoms with E-state index in [9.17, 15) is 9.59 Å². The predicted octanol–water partition coefficient (Wildman–Crippen LogP) is 6.62. The molecule has 0 bridgehead atoms. The first-order valence-corrected chi connectivity index (χ1v) is 14.0. The van der Waals surface area contributed by atoms with Crippen molar-refractivity contribution in [2.24, 2.45) is 5.92 Å². The lowest BCUT2D eigenvalue weighted by Crippen LogP contribution is -2.52. The summed E-state index contributed by atoms with van der Waals surface area (Å²) >= 11 is 7.04. The Labute approximate surface area is 236 Å². The summed E-state index contributed by atoms with van der Waals surface area (Å²) in [6.07, 6.45) is 0.406. The molecular weight excluding hydrogens is 596 g/mol. The lowest BCUT2D eigenvalue weighted by molar-refractivity contribution is -0.142. The van der Waals surface area contributed by atoms with E-state index in [2.05, 4.69) is 37.2 Å². The third-order valence-corrected chi connectivity index (χ3v) is 7.77. The molecule has 5 nitrogen and oxygen atoms in total. The van der Waals surface area contributed by atoms with Crippen molar-refractivity contribution in [1.29, 1.82) is 0 Å². The van der Waals surface area contributed by atoms with Gasteiger partial charge in [-0.1, -0.05) is 88.2 Å². The molecule has 0 saturated heterocycles. The standard InChI is InChI=1S/C30H34Br2N2O3/c1-20(2)17-33-30(36)27(16-23-8-6-5-7-9-23)34(18-24-10-12-25(31)13-11-24)28(35)19-37-26-14-21(3)29(32)22(4)15-26/h5-15,20,27H,16-19H2,1-4H3,(H,33,36). The molecule has 196 valence electrons. The summed E-state index contributed by atoms with van der Waals surface area (Å²) in [4.78, 5) is 28.8. The first-order chi connectivity index (χ1) is 17.6. The van der Waals surface area contributed by atoms with Crippen LogP contribution in [0, 0.1) is 19.8 Å². The van der Waals surface area contributed by atoms with Gasteiger partial charge in [0.1, 0.15) is 11.8 Å². The SMILES string of the molecule is Cc1cc(OCC(=O)N(Cc2ccc(Br)cc2)C(Cc2ccccc2)C(=O)NCC(C)C)cc(C)c1Br. The molecule has 0 radical (unpaired) electrons. The number of aryl methyl sites for hydroxylation is 2. The molecule has 37 heavy (non-hydrogen) atoms. The van der Waals surface area contributed by atoms with Gasteiger partial charge in [-0.3, -0.25) is 9.59 Å². The molecule has 7 heteroatoms. The van der Waals surface area contributed by atoms with Crippen molar-refractivity contribution in [1.82, 2.24) is 10.2 Å². The normalized spacial score (nSPS) is 11.8. The lowest BCUT2D eigenvalue weighted by Gasteiger charge is -2.31. The molecule has 1 atom stereocenters. The third-order valence-electron chi connectivity index (χ3n) is 5.99. The van der Waals surface area contributed by atoms with Crippen molar-refractivity contribution in [3.05, 3.63) is 97.9 Å². The van der Waals surface area contributed by atoms with E-state index in [-0.39, 0.29) is 18.4 Å². The molecule has 0 aromatic heterocycles. The van der Waals surface area contributed by atoms with Crippen LogP contribution in [0.15, 0.2) is 75.7 Å². The zero-order valence-electron chi connectivity index (χ0n) is 21.8. The largest absolute Gasteiger partial charge is 0.484 e. The van der Waals surface area contributed by atoms with E-state index >= 15 is 0 Å². The summed E-state index contributed by atoms with van der Waals surface area (Å²) < 4.78 is 7.92. The van der Waals surface area contributed by atoms with E-state index in [0.29, 0.717) is 31.2 Å². The molecule has 3 aromatic carbocycles. The fourth-order valence-electron chi connectivity index (χ4n) is 3.98. The minimum atomic E-state index is -0.686. The second-order valence-corrected chi connectivity index (χ2v) is 11.4. The van der Waals surface area contributed by atoms with Crippen LogP contribution in [0.4, 0.5) is 0 Å². The summed E-state index contributed by atoms with van der Waals surface area (Å²) in [5, 5.41) is 3.04. The Balaban J connectivity index is 1.91. The number of hydrogen-bond donors (Lipinski definition) is 1. The van der Waals surface area contributed by atoms with Gasteiger partial charge < -0.3 is 15.0 Å². The molecule has 0 heterocycles. The van der Waals surface area contributed by atoms with E-state index in [4.69, 9.17) is 4.74 Å². The zero-order chi connectivity index (χ0) is 26.9. The lowest BCUT2D eigenvalue weighted by atomic mass is 10.0. The second kappa shape index (κ2) is 13.8. The van der Waals surface area contributed by atoms with Gasteiger partial charge >= 0.3 is 0 Å². The van der Waals surface area contributed by atoms with Crippen LogP contribution in [0.1, 0.15) is 36.1 Å². The Morgan fingerprint density at radius 2 is 1.54 bits per heavy atom. The average Bonchev–Trinajstić information content (AvgIpc) is 2.88.